The first-order valence-corrected chi connectivity index (χ1v) is 8.14. The predicted octanol–water partition coefficient (Wildman–Crippen LogP) is 2.41. The van der Waals surface area contributed by atoms with Crippen LogP contribution in [-0.4, -0.2) is 36.5 Å². The smallest absolute Gasteiger partial charge is 0.230 e. The zero-order valence-corrected chi connectivity index (χ0v) is 12.5. The van der Waals surface area contributed by atoms with Gasteiger partial charge in [-0.2, -0.15) is 0 Å². The molecule has 1 amide bonds. The van der Waals surface area contributed by atoms with Gasteiger partial charge >= 0.3 is 0 Å². The fraction of sp³-hybridized carbons (Fsp3) is 0.938. The van der Waals surface area contributed by atoms with Crippen molar-refractivity contribution in [2.75, 3.05) is 19.6 Å². The first kappa shape index (κ1) is 13.4. The highest BCUT2D eigenvalue weighted by Crippen LogP contribution is 2.41. The van der Waals surface area contributed by atoms with Crippen LogP contribution in [0.2, 0.25) is 0 Å². The molecule has 3 heteroatoms. The molecule has 0 spiro atoms. The summed E-state index contributed by atoms with van der Waals surface area (Å²) in [4.78, 5) is 15.2. The van der Waals surface area contributed by atoms with Crippen LogP contribution >= 0.6 is 0 Å². The fourth-order valence-corrected chi connectivity index (χ4v) is 4.51. The molecule has 1 N–H and O–H groups in total. The minimum absolute atomic E-state index is 0.136. The second-order valence-electron chi connectivity index (χ2n) is 7.27. The molecule has 0 aromatic heterocycles. The number of amides is 1. The minimum Gasteiger partial charge on any atom is -0.339 e. The van der Waals surface area contributed by atoms with E-state index in [9.17, 15) is 4.79 Å². The Hall–Kier alpha value is -0.570. The lowest BCUT2D eigenvalue weighted by atomic mass is 9.71. The second-order valence-corrected chi connectivity index (χ2v) is 7.27. The molecular weight excluding hydrogens is 236 g/mol. The van der Waals surface area contributed by atoms with Crippen LogP contribution in [0, 0.1) is 17.3 Å². The molecule has 4 atom stereocenters. The van der Waals surface area contributed by atoms with E-state index in [-0.39, 0.29) is 5.41 Å². The Morgan fingerprint density at radius 3 is 2.79 bits per heavy atom. The van der Waals surface area contributed by atoms with E-state index < -0.39 is 0 Å². The number of carbonyl (C=O) groups excluding carboxylic acids is 1. The number of hydrogen-bond acceptors (Lipinski definition) is 2. The summed E-state index contributed by atoms with van der Waals surface area (Å²) < 4.78 is 0. The molecule has 0 bridgehead atoms. The SMILES string of the molecule is CC1CCN(C(=O)C2(C)CCNC2)C2CCCCC12. The van der Waals surface area contributed by atoms with Gasteiger partial charge in [0.05, 0.1) is 5.41 Å². The van der Waals surface area contributed by atoms with Gasteiger partial charge in [0.25, 0.3) is 0 Å². The number of hydrogen-bond donors (Lipinski definition) is 1. The van der Waals surface area contributed by atoms with Gasteiger partial charge in [-0.05, 0) is 51.0 Å². The maximum absolute atomic E-state index is 13.0. The van der Waals surface area contributed by atoms with E-state index in [1.807, 2.05) is 0 Å². The fourth-order valence-electron chi connectivity index (χ4n) is 4.51. The first-order valence-electron chi connectivity index (χ1n) is 8.14. The van der Waals surface area contributed by atoms with E-state index in [1.54, 1.807) is 0 Å². The van der Waals surface area contributed by atoms with E-state index in [1.165, 1.54) is 32.1 Å². The van der Waals surface area contributed by atoms with Gasteiger partial charge in [0, 0.05) is 19.1 Å². The lowest BCUT2D eigenvalue weighted by Gasteiger charge is -2.49. The molecule has 2 saturated heterocycles. The molecule has 4 unspecified atom stereocenters. The van der Waals surface area contributed by atoms with Gasteiger partial charge in [-0.1, -0.05) is 19.8 Å². The Morgan fingerprint density at radius 2 is 2.05 bits per heavy atom. The summed E-state index contributed by atoms with van der Waals surface area (Å²) in [5.41, 5.74) is -0.136. The number of carbonyl (C=O) groups is 1. The summed E-state index contributed by atoms with van der Waals surface area (Å²) in [6.45, 7) is 7.42. The highest BCUT2D eigenvalue weighted by Gasteiger charge is 2.45. The molecule has 1 saturated carbocycles. The molecule has 3 rings (SSSR count). The molecule has 3 fully saturated rings. The van der Waals surface area contributed by atoms with Crippen LogP contribution in [0.25, 0.3) is 0 Å². The van der Waals surface area contributed by atoms with Crippen molar-refractivity contribution in [3.63, 3.8) is 0 Å². The number of likely N-dealkylation sites (tertiary alicyclic amines) is 1. The maximum Gasteiger partial charge on any atom is 0.230 e. The highest BCUT2D eigenvalue weighted by atomic mass is 16.2. The van der Waals surface area contributed by atoms with E-state index in [2.05, 4.69) is 24.1 Å². The van der Waals surface area contributed by atoms with Crippen molar-refractivity contribution in [1.82, 2.24) is 10.2 Å². The predicted molar refractivity (Wildman–Crippen MR) is 76.8 cm³/mol. The van der Waals surface area contributed by atoms with Crippen molar-refractivity contribution < 1.29 is 4.79 Å². The van der Waals surface area contributed by atoms with Crippen LogP contribution in [0.1, 0.15) is 52.4 Å². The van der Waals surface area contributed by atoms with Crippen molar-refractivity contribution >= 4 is 5.91 Å². The van der Waals surface area contributed by atoms with E-state index >= 15 is 0 Å². The van der Waals surface area contributed by atoms with Gasteiger partial charge < -0.3 is 10.2 Å². The highest BCUT2D eigenvalue weighted by molar-refractivity contribution is 5.83. The zero-order valence-electron chi connectivity index (χ0n) is 12.5. The van der Waals surface area contributed by atoms with Gasteiger partial charge in [-0.25, -0.2) is 0 Å². The Bertz CT molecular complexity index is 349. The van der Waals surface area contributed by atoms with Crippen molar-refractivity contribution in [2.45, 2.75) is 58.4 Å². The van der Waals surface area contributed by atoms with Gasteiger partial charge in [-0.15, -0.1) is 0 Å². The Kier molecular flexibility index (Phi) is 3.59. The number of fused-ring (bicyclic) bond motifs is 1. The summed E-state index contributed by atoms with van der Waals surface area (Å²) in [6, 6.07) is 0.544. The van der Waals surface area contributed by atoms with Crippen LogP contribution in [-0.2, 0) is 4.79 Å². The zero-order chi connectivity index (χ0) is 13.5. The third-order valence-corrected chi connectivity index (χ3v) is 5.88. The number of nitrogens with one attached hydrogen (secondary N) is 1. The number of rotatable bonds is 1. The summed E-state index contributed by atoms with van der Waals surface area (Å²) >= 11 is 0. The van der Waals surface area contributed by atoms with Gasteiger partial charge in [0.2, 0.25) is 5.91 Å². The van der Waals surface area contributed by atoms with E-state index in [0.717, 1.165) is 37.9 Å². The Morgan fingerprint density at radius 1 is 1.26 bits per heavy atom. The summed E-state index contributed by atoms with van der Waals surface area (Å²) in [5, 5.41) is 3.37. The number of piperidine rings is 1. The average molecular weight is 264 g/mol. The normalized spacial score (nSPS) is 43.1. The van der Waals surface area contributed by atoms with E-state index in [4.69, 9.17) is 0 Å². The standard InChI is InChI=1S/C16H28N2O/c1-12-7-10-18(14-6-4-3-5-13(12)14)15(19)16(2)8-9-17-11-16/h12-14,17H,3-11H2,1-2H3. The first-order chi connectivity index (χ1) is 9.12. The van der Waals surface area contributed by atoms with Gasteiger partial charge in [-0.3, -0.25) is 4.79 Å². The summed E-state index contributed by atoms with van der Waals surface area (Å²) in [6.07, 6.45) is 7.47. The van der Waals surface area contributed by atoms with Crippen LogP contribution in [0.4, 0.5) is 0 Å². The molecule has 2 heterocycles. The largest absolute Gasteiger partial charge is 0.339 e. The lowest BCUT2D eigenvalue weighted by Crippen LogP contribution is -2.56. The van der Waals surface area contributed by atoms with Crippen molar-refractivity contribution in [3.8, 4) is 0 Å². The molecule has 0 radical (unpaired) electrons. The quantitative estimate of drug-likeness (QED) is 0.789. The third kappa shape index (κ3) is 2.31. The summed E-state index contributed by atoms with van der Waals surface area (Å²) in [5.74, 6) is 2.01. The van der Waals surface area contributed by atoms with E-state index in [0.29, 0.717) is 11.9 Å². The number of nitrogens with zero attached hydrogens (tertiary/aromatic N) is 1. The monoisotopic (exact) mass is 264 g/mol. The average Bonchev–Trinajstić information content (AvgIpc) is 2.87. The van der Waals surface area contributed by atoms with Crippen LogP contribution in [0.3, 0.4) is 0 Å². The second kappa shape index (κ2) is 5.08. The molecule has 1 aliphatic carbocycles. The van der Waals surface area contributed by atoms with Crippen molar-refractivity contribution in [3.05, 3.63) is 0 Å². The molecule has 2 aliphatic heterocycles. The van der Waals surface area contributed by atoms with Crippen LogP contribution in [0.15, 0.2) is 0 Å². The molecule has 3 aliphatic rings. The van der Waals surface area contributed by atoms with Crippen molar-refractivity contribution in [1.29, 1.82) is 0 Å². The molecule has 3 nitrogen and oxygen atoms in total. The molecule has 108 valence electrons. The van der Waals surface area contributed by atoms with Crippen molar-refractivity contribution in [2.24, 2.45) is 17.3 Å². The Labute approximate surface area is 117 Å². The lowest BCUT2D eigenvalue weighted by molar-refractivity contribution is -0.148. The molecule has 19 heavy (non-hydrogen) atoms. The summed E-state index contributed by atoms with van der Waals surface area (Å²) in [7, 11) is 0. The topological polar surface area (TPSA) is 32.3 Å². The Balaban J connectivity index is 1.77. The molecular formula is C16H28N2O. The van der Waals surface area contributed by atoms with Gasteiger partial charge in [0.1, 0.15) is 0 Å². The van der Waals surface area contributed by atoms with Gasteiger partial charge in [0.15, 0.2) is 0 Å². The maximum atomic E-state index is 13.0. The van der Waals surface area contributed by atoms with Crippen LogP contribution in [0.5, 0.6) is 0 Å². The third-order valence-electron chi connectivity index (χ3n) is 5.88. The van der Waals surface area contributed by atoms with Crippen LogP contribution < -0.4 is 5.32 Å². The molecule has 0 aromatic rings. The molecule has 0 aromatic carbocycles. The minimum atomic E-state index is -0.136.